The van der Waals surface area contributed by atoms with Gasteiger partial charge in [0.05, 0.1) is 5.25 Å². The highest BCUT2D eigenvalue weighted by molar-refractivity contribution is 8.00. The molecule has 0 unspecified atom stereocenters. The smallest absolute Gasteiger partial charge is 0.233 e. The van der Waals surface area contributed by atoms with Gasteiger partial charge in [-0.3, -0.25) is 4.79 Å². The lowest BCUT2D eigenvalue weighted by Gasteiger charge is -2.12. The van der Waals surface area contributed by atoms with Crippen molar-refractivity contribution < 1.29 is 4.79 Å². The summed E-state index contributed by atoms with van der Waals surface area (Å²) < 4.78 is 0. The molecule has 0 fully saturated rings. The molecule has 1 amide bonds. The molecule has 0 aliphatic carbocycles. The number of amides is 1. The highest BCUT2D eigenvalue weighted by atomic mass is 32.2. The first kappa shape index (κ1) is 14.5. The average Bonchev–Trinajstić information content (AvgIpc) is 2.24. The Morgan fingerprint density at radius 1 is 1.22 bits per heavy atom. The van der Waals surface area contributed by atoms with E-state index in [4.69, 9.17) is 11.5 Å². The van der Waals surface area contributed by atoms with Gasteiger partial charge >= 0.3 is 0 Å². The summed E-state index contributed by atoms with van der Waals surface area (Å²) in [5.74, 6) is 0.459. The summed E-state index contributed by atoms with van der Waals surface area (Å²) in [6.07, 6.45) is 0. The molecule has 1 aromatic rings. The van der Waals surface area contributed by atoms with E-state index in [1.807, 2.05) is 13.8 Å². The topological polar surface area (TPSA) is 120 Å². The number of nitrogen functional groups attached to an aromatic ring is 2. The predicted octanol–water partition coefficient (Wildman–Crippen LogP) is 0.289. The van der Waals surface area contributed by atoms with Crippen molar-refractivity contribution in [3.63, 3.8) is 0 Å². The van der Waals surface area contributed by atoms with Crippen LogP contribution in [0.3, 0.4) is 0 Å². The average molecular weight is 270 g/mol. The van der Waals surface area contributed by atoms with E-state index in [0.29, 0.717) is 17.6 Å². The zero-order valence-corrected chi connectivity index (χ0v) is 11.5. The third kappa shape index (κ3) is 4.74. The van der Waals surface area contributed by atoms with Crippen LogP contribution in [0.2, 0.25) is 0 Å². The van der Waals surface area contributed by atoms with Gasteiger partial charge in [0.1, 0.15) is 0 Å². The number of nitrogens with two attached hydrogens (primary N) is 2. The van der Waals surface area contributed by atoms with Crippen LogP contribution in [-0.4, -0.2) is 32.7 Å². The van der Waals surface area contributed by atoms with Gasteiger partial charge in [-0.15, -0.1) is 0 Å². The molecule has 0 aliphatic heterocycles. The lowest BCUT2D eigenvalue weighted by atomic mass is 10.2. The summed E-state index contributed by atoms with van der Waals surface area (Å²) in [6.45, 7) is 6.48. The fraction of sp³-hybridized carbons (Fsp3) is 0.600. The molecule has 1 atom stereocenters. The molecule has 8 heteroatoms. The second-order valence-corrected chi connectivity index (χ2v) is 5.54. The number of nitrogens with one attached hydrogen (secondary N) is 1. The highest BCUT2D eigenvalue weighted by Gasteiger charge is 2.16. The lowest BCUT2D eigenvalue weighted by Crippen LogP contribution is -2.33. The van der Waals surface area contributed by atoms with Crippen LogP contribution >= 0.6 is 11.8 Å². The Morgan fingerprint density at radius 2 is 1.78 bits per heavy atom. The molecule has 0 saturated carbocycles. The summed E-state index contributed by atoms with van der Waals surface area (Å²) in [5.41, 5.74) is 10.9. The van der Waals surface area contributed by atoms with Crippen molar-refractivity contribution in [2.24, 2.45) is 5.92 Å². The van der Waals surface area contributed by atoms with Crippen molar-refractivity contribution in [1.29, 1.82) is 0 Å². The Hall–Kier alpha value is -1.57. The minimum Gasteiger partial charge on any atom is -0.368 e. The quantitative estimate of drug-likeness (QED) is 0.657. The molecular weight excluding hydrogens is 252 g/mol. The third-order valence-electron chi connectivity index (χ3n) is 1.99. The van der Waals surface area contributed by atoms with E-state index in [1.165, 1.54) is 11.8 Å². The highest BCUT2D eigenvalue weighted by Crippen LogP contribution is 2.20. The fourth-order valence-electron chi connectivity index (χ4n) is 1.10. The Bertz CT molecular complexity index is 405. The molecule has 5 N–H and O–H groups in total. The van der Waals surface area contributed by atoms with Crippen molar-refractivity contribution in [2.75, 3.05) is 18.0 Å². The van der Waals surface area contributed by atoms with Crippen LogP contribution < -0.4 is 16.8 Å². The van der Waals surface area contributed by atoms with Gasteiger partial charge in [0.15, 0.2) is 5.16 Å². The molecule has 18 heavy (non-hydrogen) atoms. The first-order valence-electron chi connectivity index (χ1n) is 5.60. The molecule has 100 valence electrons. The number of hydrogen-bond acceptors (Lipinski definition) is 7. The van der Waals surface area contributed by atoms with Crippen LogP contribution in [0.5, 0.6) is 0 Å². The van der Waals surface area contributed by atoms with Crippen molar-refractivity contribution in [1.82, 2.24) is 20.3 Å². The zero-order chi connectivity index (χ0) is 13.7. The maximum absolute atomic E-state index is 11.8. The molecule has 0 radical (unpaired) electrons. The van der Waals surface area contributed by atoms with E-state index >= 15 is 0 Å². The predicted molar refractivity (Wildman–Crippen MR) is 71.8 cm³/mol. The Kier molecular flexibility index (Phi) is 5.14. The largest absolute Gasteiger partial charge is 0.368 e. The van der Waals surface area contributed by atoms with Gasteiger partial charge in [-0.1, -0.05) is 25.6 Å². The molecule has 1 aromatic heterocycles. The molecule has 0 spiro atoms. The van der Waals surface area contributed by atoms with E-state index in [-0.39, 0.29) is 23.1 Å². The number of hydrogen-bond donors (Lipinski definition) is 3. The van der Waals surface area contributed by atoms with Crippen LogP contribution in [0.4, 0.5) is 11.9 Å². The standard InChI is InChI=1S/C10H18N6OS/c1-5(2)4-13-7(17)6(3)18-10-15-8(11)14-9(12)16-10/h5-6H,4H2,1-3H3,(H,13,17)(H4,11,12,14,15,16)/t6-/m0/s1. The Balaban J connectivity index is 2.58. The number of aromatic nitrogens is 3. The molecule has 1 heterocycles. The first-order valence-corrected chi connectivity index (χ1v) is 6.48. The summed E-state index contributed by atoms with van der Waals surface area (Å²) in [5, 5.41) is 2.88. The van der Waals surface area contributed by atoms with E-state index in [0.717, 1.165) is 0 Å². The molecule has 0 bridgehead atoms. The number of anilines is 2. The van der Waals surface area contributed by atoms with Crippen LogP contribution in [-0.2, 0) is 4.79 Å². The van der Waals surface area contributed by atoms with Gasteiger partial charge in [-0.25, -0.2) is 0 Å². The van der Waals surface area contributed by atoms with Crippen LogP contribution in [0.25, 0.3) is 0 Å². The normalized spacial score (nSPS) is 12.4. The van der Waals surface area contributed by atoms with E-state index in [9.17, 15) is 4.79 Å². The maximum atomic E-state index is 11.8. The number of nitrogens with zero attached hydrogens (tertiary/aromatic N) is 3. The number of thioether (sulfide) groups is 1. The van der Waals surface area contributed by atoms with Crippen molar-refractivity contribution in [3.05, 3.63) is 0 Å². The van der Waals surface area contributed by atoms with Gasteiger partial charge in [0.2, 0.25) is 17.8 Å². The lowest BCUT2D eigenvalue weighted by molar-refractivity contribution is -0.120. The van der Waals surface area contributed by atoms with Crippen molar-refractivity contribution in [2.45, 2.75) is 31.2 Å². The monoisotopic (exact) mass is 270 g/mol. The van der Waals surface area contributed by atoms with Crippen LogP contribution in [0.15, 0.2) is 5.16 Å². The van der Waals surface area contributed by atoms with Gasteiger partial charge in [0.25, 0.3) is 0 Å². The molecule has 1 rings (SSSR count). The second kappa shape index (κ2) is 6.39. The van der Waals surface area contributed by atoms with E-state index in [2.05, 4.69) is 20.3 Å². The number of carbonyl (C=O) groups excluding carboxylic acids is 1. The van der Waals surface area contributed by atoms with Gasteiger partial charge in [0, 0.05) is 6.54 Å². The molecular formula is C10H18N6OS. The van der Waals surface area contributed by atoms with E-state index < -0.39 is 0 Å². The number of carbonyl (C=O) groups is 1. The molecule has 7 nitrogen and oxygen atoms in total. The van der Waals surface area contributed by atoms with Crippen molar-refractivity contribution >= 4 is 29.6 Å². The maximum Gasteiger partial charge on any atom is 0.233 e. The zero-order valence-electron chi connectivity index (χ0n) is 10.7. The van der Waals surface area contributed by atoms with E-state index in [1.54, 1.807) is 6.92 Å². The van der Waals surface area contributed by atoms with Crippen LogP contribution in [0.1, 0.15) is 20.8 Å². The van der Waals surface area contributed by atoms with Crippen LogP contribution in [0, 0.1) is 5.92 Å². The Morgan fingerprint density at radius 3 is 2.28 bits per heavy atom. The summed E-state index contributed by atoms with van der Waals surface area (Å²) in [7, 11) is 0. The third-order valence-corrected chi connectivity index (χ3v) is 2.95. The Labute approximate surface area is 110 Å². The number of rotatable bonds is 5. The van der Waals surface area contributed by atoms with Gasteiger partial charge in [-0.2, -0.15) is 15.0 Å². The van der Waals surface area contributed by atoms with Crippen molar-refractivity contribution in [3.8, 4) is 0 Å². The minimum atomic E-state index is -0.315. The van der Waals surface area contributed by atoms with Gasteiger partial charge < -0.3 is 16.8 Å². The SMILES string of the molecule is CC(C)CNC(=O)[C@H](C)Sc1nc(N)nc(N)n1. The summed E-state index contributed by atoms with van der Waals surface area (Å²) in [4.78, 5) is 23.2. The second-order valence-electron chi connectivity index (χ2n) is 4.23. The molecule has 0 aliphatic rings. The fourth-order valence-corrected chi connectivity index (χ4v) is 1.90. The minimum absolute atomic E-state index is 0.0554. The summed E-state index contributed by atoms with van der Waals surface area (Å²) >= 11 is 1.20. The summed E-state index contributed by atoms with van der Waals surface area (Å²) in [6, 6.07) is 0. The van der Waals surface area contributed by atoms with Gasteiger partial charge in [-0.05, 0) is 12.8 Å². The first-order chi connectivity index (χ1) is 8.38. The molecule has 0 aromatic carbocycles. The molecule has 0 saturated heterocycles.